The Balaban J connectivity index is 1.76. The summed E-state index contributed by atoms with van der Waals surface area (Å²) in [6, 6.07) is 2.75. The van der Waals surface area contributed by atoms with E-state index in [0.717, 1.165) is 26.2 Å². The lowest BCUT2D eigenvalue weighted by Gasteiger charge is -2.23. The van der Waals surface area contributed by atoms with Gasteiger partial charge < -0.3 is 10.1 Å². The molecular weight excluding hydrogens is 262 g/mol. The van der Waals surface area contributed by atoms with E-state index >= 15 is 0 Å². The minimum Gasteiger partial charge on any atom is -0.379 e. The van der Waals surface area contributed by atoms with Crippen molar-refractivity contribution in [3.63, 3.8) is 0 Å². The van der Waals surface area contributed by atoms with Gasteiger partial charge in [-0.2, -0.15) is 0 Å². The predicted octanol–water partition coefficient (Wildman–Crippen LogP) is 2.43. The molecule has 1 N–H and O–H groups in total. The molecule has 14 heavy (non-hydrogen) atoms. The SMILES string of the molecule is Brc1csc(CCC2COCCN2)c1. The summed E-state index contributed by atoms with van der Waals surface area (Å²) in [7, 11) is 0. The maximum Gasteiger partial charge on any atom is 0.0620 e. The van der Waals surface area contributed by atoms with Gasteiger partial charge in [-0.25, -0.2) is 0 Å². The summed E-state index contributed by atoms with van der Waals surface area (Å²) in [6.07, 6.45) is 2.32. The van der Waals surface area contributed by atoms with Crippen molar-refractivity contribution in [3.8, 4) is 0 Å². The van der Waals surface area contributed by atoms with E-state index < -0.39 is 0 Å². The van der Waals surface area contributed by atoms with Crippen LogP contribution in [0.1, 0.15) is 11.3 Å². The van der Waals surface area contributed by atoms with E-state index in [9.17, 15) is 0 Å². The Bertz CT molecular complexity index is 283. The molecule has 2 rings (SSSR count). The van der Waals surface area contributed by atoms with Crippen molar-refractivity contribution in [1.29, 1.82) is 0 Å². The van der Waals surface area contributed by atoms with Crippen LogP contribution < -0.4 is 5.32 Å². The summed E-state index contributed by atoms with van der Waals surface area (Å²) >= 11 is 5.29. The molecule has 78 valence electrons. The topological polar surface area (TPSA) is 21.3 Å². The van der Waals surface area contributed by atoms with E-state index in [2.05, 4.69) is 32.7 Å². The zero-order valence-electron chi connectivity index (χ0n) is 7.96. The van der Waals surface area contributed by atoms with Gasteiger partial charge in [0.2, 0.25) is 0 Å². The molecule has 0 bridgehead atoms. The van der Waals surface area contributed by atoms with Gasteiger partial charge in [-0.3, -0.25) is 0 Å². The van der Waals surface area contributed by atoms with Crippen molar-refractivity contribution in [2.24, 2.45) is 0 Å². The molecule has 1 aliphatic heterocycles. The maximum absolute atomic E-state index is 5.41. The number of hydrogen-bond donors (Lipinski definition) is 1. The number of nitrogens with one attached hydrogen (secondary N) is 1. The third-order valence-electron chi connectivity index (χ3n) is 2.36. The summed E-state index contributed by atoms with van der Waals surface area (Å²) in [5.41, 5.74) is 0. The molecule has 1 aliphatic rings. The van der Waals surface area contributed by atoms with E-state index in [1.807, 2.05) is 11.3 Å². The number of hydrogen-bond acceptors (Lipinski definition) is 3. The molecule has 0 saturated carbocycles. The van der Waals surface area contributed by atoms with Gasteiger partial charge in [0.1, 0.15) is 0 Å². The van der Waals surface area contributed by atoms with Crippen molar-refractivity contribution in [3.05, 3.63) is 20.8 Å². The summed E-state index contributed by atoms with van der Waals surface area (Å²) in [6.45, 7) is 2.73. The van der Waals surface area contributed by atoms with Gasteiger partial charge in [-0.1, -0.05) is 0 Å². The van der Waals surface area contributed by atoms with Gasteiger partial charge in [0, 0.05) is 27.3 Å². The zero-order valence-corrected chi connectivity index (χ0v) is 10.4. The Morgan fingerprint density at radius 1 is 1.64 bits per heavy atom. The lowest BCUT2D eigenvalue weighted by atomic mass is 10.1. The molecule has 0 radical (unpaired) electrons. The Morgan fingerprint density at radius 3 is 3.21 bits per heavy atom. The van der Waals surface area contributed by atoms with Gasteiger partial charge in [0.15, 0.2) is 0 Å². The van der Waals surface area contributed by atoms with Crippen molar-refractivity contribution in [2.75, 3.05) is 19.8 Å². The van der Waals surface area contributed by atoms with Gasteiger partial charge in [0.25, 0.3) is 0 Å². The second kappa shape index (κ2) is 5.26. The number of ether oxygens (including phenoxy) is 1. The number of morpholine rings is 1. The first-order chi connectivity index (χ1) is 6.84. The highest BCUT2D eigenvalue weighted by molar-refractivity contribution is 9.10. The third kappa shape index (κ3) is 3.05. The summed E-state index contributed by atoms with van der Waals surface area (Å²) < 4.78 is 6.61. The summed E-state index contributed by atoms with van der Waals surface area (Å²) in [5, 5.41) is 5.60. The molecule has 0 spiro atoms. The molecular formula is C10H14BrNOS. The third-order valence-corrected chi connectivity index (χ3v) is 4.12. The minimum atomic E-state index is 0.546. The van der Waals surface area contributed by atoms with Gasteiger partial charge >= 0.3 is 0 Å². The van der Waals surface area contributed by atoms with Crippen molar-refractivity contribution in [2.45, 2.75) is 18.9 Å². The highest BCUT2D eigenvalue weighted by atomic mass is 79.9. The first kappa shape index (κ1) is 10.6. The number of halogens is 1. The first-order valence-corrected chi connectivity index (χ1v) is 6.56. The standard InChI is InChI=1S/C10H14BrNOS/c11-8-5-10(14-7-8)2-1-9-6-13-4-3-12-9/h5,7,9,12H,1-4,6H2. The van der Waals surface area contributed by atoms with Crippen LogP contribution in [0.3, 0.4) is 0 Å². The Kier molecular flexibility index (Phi) is 3.99. The van der Waals surface area contributed by atoms with Gasteiger partial charge in [-0.15, -0.1) is 11.3 Å². The summed E-state index contributed by atoms with van der Waals surface area (Å²) in [4.78, 5) is 1.45. The Morgan fingerprint density at radius 2 is 2.57 bits per heavy atom. The van der Waals surface area contributed by atoms with Crippen LogP contribution in [0.4, 0.5) is 0 Å². The van der Waals surface area contributed by atoms with Gasteiger partial charge in [0.05, 0.1) is 13.2 Å². The van der Waals surface area contributed by atoms with E-state index in [-0.39, 0.29) is 0 Å². The molecule has 2 nitrogen and oxygen atoms in total. The molecule has 1 atom stereocenters. The number of aryl methyl sites for hydroxylation is 1. The highest BCUT2D eigenvalue weighted by Crippen LogP contribution is 2.21. The molecule has 0 aromatic carbocycles. The van der Waals surface area contributed by atoms with Crippen LogP contribution in [-0.2, 0) is 11.2 Å². The minimum absolute atomic E-state index is 0.546. The fraction of sp³-hybridized carbons (Fsp3) is 0.600. The first-order valence-electron chi connectivity index (χ1n) is 4.88. The monoisotopic (exact) mass is 275 g/mol. The largest absolute Gasteiger partial charge is 0.379 e. The predicted molar refractivity (Wildman–Crippen MR) is 62.9 cm³/mol. The van der Waals surface area contributed by atoms with Crippen LogP contribution in [0, 0.1) is 0 Å². The van der Waals surface area contributed by atoms with Crippen LogP contribution in [0.5, 0.6) is 0 Å². The van der Waals surface area contributed by atoms with Crippen molar-refractivity contribution < 1.29 is 4.74 Å². The van der Waals surface area contributed by atoms with Crippen LogP contribution >= 0.6 is 27.3 Å². The zero-order chi connectivity index (χ0) is 9.80. The second-order valence-corrected chi connectivity index (χ2v) is 5.41. The van der Waals surface area contributed by atoms with Gasteiger partial charge in [-0.05, 0) is 34.8 Å². The molecule has 0 amide bonds. The highest BCUT2D eigenvalue weighted by Gasteiger charge is 2.12. The average Bonchev–Trinajstić information content (AvgIpc) is 2.63. The number of thiophene rings is 1. The maximum atomic E-state index is 5.41. The van der Waals surface area contributed by atoms with Crippen LogP contribution in [0.15, 0.2) is 15.9 Å². The molecule has 0 aliphatic carbocycles. The molecule has 1 aromatic heterocycles. The number of rotatable bonds is 3. The lowest BCUT2D eigenvalue weighted by molar-refractivity contribution is 0.0744. The molecule has 1 fully saturated rings. The van der Waals surface area contributed by atoms with Crippen molar-refractivity contribution >= 4 is 27.3 Å². The summed E-state index contributed by atoms with van der Waals surface area (Å²) in [5.74, 6) is 0. The second-order valence-electron chi connectivity index (χ2n) is 3.50. The van der Waals surface area contributed by atoms with Crippen LogP contribution in [-0.4, -0.2) is 25.8 Å². The molecule has 1 aromatic rings. The van der Waals surface area contributed by atoms with E-state index in [1.54, 1.807) is 0 Å². The van der Waals surface area contributed by atoms with E-state index in [4.69, 9.17) is 4.74 Å². The normalized spacial score (nSPS) is 22.5. The average molecular weight is 276 g/mol. The van der Waals surface area contributed by atoms with E-state index in [0.29, 0.717) is 6.04 Å². The smallest absolute Gasteiger partial charge is 0.0620 e. The lowest BCUT2D eigenvalue weighted by Crippen LogP contribution is -2.41. The Labute approximate surface area is 96.8 Å². The van der Waals surface area contributed by atoms with E-state index in [1.165, 1.54) is 15.8 Å². The van der Waals surface area contributed by atoms with Crippen LogP contribution in [0.2, 0.25) is 0 Å². The van der Waals surface area contributed by atoms with Crippen molar-refractivity contribution in [1.82, 2.24) is 5.32 Å². The molecule has 1 unspecified atom stereocenters. The molecule has 2 heterocycles. The fourth-order valence-corrected chi connectivity index (χ4v) is 3.08. The van der Waals surface area contributed by atoms with Crippen LogP contribution in [0.25, 0.3) is 0 Å². The quantitative estimate of drug-likeness (QED) is 0.915. The molecule has 4 heteroatoms. The fourth-order valence-electron chi connectivity index (χ4n) is 1.61. The Hall–Kier alpha value is 0.1000. The molecule has 1 saturated heterocycles.